The molecule has 1 aliphatic carbocycles. The highest BCUT2D eigenvalue weighted by Crippen LogP contribution is 2.20. The fourth-order valence-corrected chi connectivity index (χ4v) is 2.62. The molecule has 21 heavy (non-hydrogen) atoms. The molecular formula is C17H18N4. The summed E-state index contributed by atoms with van der Waals surface area (Å²) in [5.41, 5.74) is 1.28. The van der Waals surface area contributed by atoms with Crippen LogP contribution in [0.3, 0.4) is 0 Å². The molecule has 1 saturated carbocycles. The van der Waals surface area contributed by atoms with E-state index < -0.39 is 0 Å². The van der Waals surface area contributed by atoms with Crippen molar-refractivity contribution < 1.29 is 0 Å². The highest BCUT2D eigenvalue weighted by molar-refractivity contribution is 5.85. The van der Waals surface area contributed by atoms with E-state index in [0.717, 1.165) is 18.9 Å². The van der Waals surface area contributed by atoms with Gasteiger partial charge >= 0.3 is 0 Å². The van der Waals surface area contributed by atoms with E-state index in [1.807, 2.05) is 11.0 Å². The third-order valence-electron chi connectivity index (χ3n) is 3.92. The average Bonchev–Trinajstić information content (AvgIpc) is 3.25. The SMILES string of the molecule is c1ccc2c(Cn3cnc(CNC4CC4)n3)cccc2c1. The number of fused-ring (bicyclic) bond motifs is 1. The standard InChI is InChI=1S/C17H18N4/c1-2-7-16-13(4-1)5-3-6-14(16)11-21-12-19-17(20-21)10-18-15-8-9-15/h1-7,12,15,18H,8-11H2. The van der Waals surface area contributed by atoms with Crippen LogP contribution in [-0.4, -0.2) is 20.8 Å². The zero-order valence-corrected chi connectivity index (χ0v) is 11.9. The maximum atomic E-state index is 4.56. The van der Waals surface area contributed by atoms with E-state index in [1.165, 1.54) is 29.2 Å². The highest BCUT2D eigenvalue weighted by atomic mass is 15.3. The normalized spacial score (nSPS) is 14.7. The number of benzene rings is 2. The highest BCUT2D eigenvalue weighted by Gasteiger charge is 2.20. The predicted molar refractivity (Wildman–Crippen MR) is 82.9 cm³/mol. The van der Waals surface area contributed by atoms with Crippen molar-refractivity contribution >= 4 is 10.8 Å². The average molecular weight is 278 g/mol. The molecule has 1 heterocycles. The molecule has 1 aliphatic rings. The van der Waals surface area contributed by atoms with Crippen molar-refractivity contribution in [3.05, 3.63) is 60.2 Å². The number of aromatic nitrogens is 3. The van der Waals surface area contributed by atoms with Crippen LogP contribution in [-0.2, 0) is 13.1 Å². The first-order valence-corrected chi connectivity index (χ1v) is 7.47. The Labute approximate surface area is 123 Å². The zero-order valence-electron chi connectivity index (χ0n) is 11.9. The molecule has 1 aromatic heterocycles. The van der Waals surface area contributed by atoms with Gasteiger partial charge in [0.25, 0.3) is 0 Å². The van der Waals surface area contributed by atoms with E-state index in [9.17, 15) is 0 Å². The van der Waals surface area contributed by atoms with Crippen molar-refractivity contribution in [1.82, 2.24) is 20.1 Å². The number of hydrogen-bond donors (Lipinski definition) is 1. The first kappa shape index (κ1) is 12.5. The summed E-state index contributed by atoms with van der Waals surface area (Å²) in [6, 6.07) is 15.6. The van der Waals surface area contributed by atoms with Gasteiger partial charge in [0.05, 0.1) is 13.1 Å². The van der Waals surface area contributed by atoms with Crippen molar-refractivity contribution in [2.45, 2.75) is 32.0 Å². The van der Waals surface area contributed by atoms with E-state index in [4.69, 9.17) is 0 Å². The minimum Gasteiger partial charge on any atom is -0.307 e. The Kier molecular flexibility index (Phi) is 3.16. The Bertz CT molecular complexity index is 753. The molecule has 0 spiro atoms. The summed E-state index contributed by atoms with van der Waals surface area (Å²) < 4.78 is 1.92. The lowest BCUT2D eigenvalue weighted by Gasteiger charge is -2.06. The summed E-state index contributed by atoms with van der Waals surface area (Å²) >= 11 is 0. The van der Waals surface area contributed by atoms with Gasteiger partial charge in [-0.3, -0.25) is 0 Å². The van der Waals surface area contributed by atoms with Crippen molar-refractivity contribution in [2.75, 3.05) is 0 Å². The van der Waals surface area contributed by atoms with Crippen LogP contribution in [0, 0.1) is 0 Å². The molecule has 1 fully saturated rings. The second-order valence-electron chi connectivity index (χ2n) is 5.65. The van der Waals surface area contributed by atoms with Crippen LogP contribution in [0.4, 0.5) is 0 Å². The zero-order chi connectivity index (χ0) is 14.1. The molecule has 3 aromatic rings. The second kappa shape index (κ2) is 5.30. The Morgan fingerprint density at radius 1 is 1.10 bits per heavy atom. The summed E-state index contributed by atoms with van der Waals surface area (Å²) in [4.78, 5) is 4.38. The van der Waals surface area contributed by atoms with Gasteiger partial charge in [0.2, 0.25) is 0 Å². The number of hydrogen-bond acceptors (Lipinski definition) is 3. The van der Waals surface area contributed by atoms with Gasteiger partial charge in [0.15, 0.2) is 5.82 Å². The van der Waals surface area contributed by atoms with Crippen LogP contribution in [0.15, 0.2) is 48.8 Å². The molecule has 0 bridgehead atoms. The van der Waals surface area contributed by atoms with E-state index in [2.05, 4.69) is 57.9 Å². The van der Waals surface area contributed by atoms with Crippen molar-refractivity contribution in [1.29, 1.82) is 0 Å². The molecule has 4 heteroatoms. The molecule has 106 valence electrons. The fraction of sp³-hybridized carbons (Fsp3) is 0.294. The summed E-state index contributed by atoms with van der Waals surface area (Å²) in [7, 11) is 0. The van der Waals surface area contributed by atoms with Gasteiger partial charge in [-0.25, -0.2) is 9.67 Å². The summed E-state index contributed by atoms with van der Waals surface area (Å²) in [5, 5.41) is 10.6. The smallest absolute Gasteiger partial charge is 0.164 e. The maximum Gasteiger partial charge on any atom is 0.164 e. The number of rotatable bonds is 5. The van der Waals surface area contributed by atoms with Crippen molar-refractivity contribution in [2.24, 2.45) is 0 Å². The van der Waals surface area contributed by atoms with Gasteiger partial charge < -0.3 is 5.32 Å². The second-order valence-corrected chi connectivity index (χ2v) is 5.65. The molecule has 0 saturated heterocycles. The van der Waals surface area contributed by atoms with Crippen LogP contribution in [0.2, 0.25) is 0 Å². The third kappa shape index (κ3) is 2.81. The molecule has 0 aliphatic heterocycles. The Morgan fingerprint density at radius 3 is 2.86 bits per heavy atom. The molecular weight excluding hydrogens is 260 g/mol. The monoisotopic (exact) mass is 278 g/mol. The van der Waals surface area contributed by atoms with E-state index in [0.29, 0.717) is 6.04 Å². The quantitative estimate of drug-likeness (QED) is 0.780. The Morgan fingerprint density at radius 2 is 1.95 bits per heavy atom. The van der Waals surface area contributed by atoms with Crippen LogP contribution in [0.1, 0.15) is 24.2 Å². The first-order valence-electron chi connectivity index (χ1n) is 7.47. The van der Waals surface area contributed by atoms with Gasteiger partial charge in [0, 0.05) is 6.04 Å². The summed E-state index contributed by atoms with van der Waals surface area (Å²) in [6.07, 6.45) is 4.40. The Balaban J connectivity index is 1.53. The predicted octanol–water partition coefficient (Wildman–Crippen LogP) is 2.73. The molecule has 0 radical (unpaired) electrons. The molecule has 0 unspecified atom stereocenters. The molecule has 2 aromatic carbocycles. The Hall–Kier alpha value is -2.20. The van der Waals surface area contributed by atoms with Crippen LogP contribution in [0.5, 0.6) is 0 Å². The first-order chi connectivity index (χ1) is 10.4. The van der Waals surface area contributed by atoms with Gasteiger partial charge in [-0.2, -0.15) is 5.10 Å². The van der Waals surface area contributed by atoms with Crippen LogP contribution >= 0.6 is 0 Å². The number of nitrogens with zero attached hydrogens (tertiary/aromatic N) is 3. The molecule has 4 nitrogen and oxygen atoms in total. The largest absolute Gasteiger partial charge is 0.307 e. The lowest BCUT2D eigenvalue weighted by Crippen LogP contribution is -2.16. The molecule has 0 amide bonds. The lowest BCUT2D eigenvalue weighted by molar-refractivity contribution is 0.629. The van der Waals surface area contributed by atoms with Gasteiger partial charge in [-0.05, 0) is 29.2 Å². The maximum absolute atomic E-state index is 4.56. The summed E-state index contributed by atoms with van der Waals surface area (Å²) in [6.45, 7) is 1.53. The van der Waals surface area contributed by atoms with Crippen molar-refractivity contribution in [3.63, 3.8) is 0 Å². The van der Waals surface area contributed by atoms with E-state index in [-0.39, 0.29) is 0 Å². The fourth-order valence-electron chi connectivity index (χ4n) is 2.62. The van der Waals surface area contributed by atoms with Gasteiger partial charge in [-0.1, -0.05) is 42.5 Å². The molecule has 1 N–H and O–H groups in total. The van der Waals surface area contributed by atoms with Crippen LogP contribution in [0.25, 0.3) is 10.8 Å². The van der Waals surface area contributed by atoms with Gasteiger partial charge in [0.1, 0.15) is 6.33 Å². The van der Waals surface area contributed by atoms with Gasteiger partial charge in [-0.15, -0.1) is 0 Å². The minimum atomic E-state index is 0.690. The van der Waals surface area contributed by atoms with E-state index in [1.54, 1.807) is 0 Å². The lowest BCUT2D eigenvalue weighted by atomic mass is 10.0. The van der Waals surface area contributed by atoms with Crippen LogP contribution < -0.4 is 5.32 Å². The minimum absolute atomic E-state index is 0.690. The molecule has 4 rings (SSSR count). The van der Waals surface area contributed by atoms with Crippen molar-refractivity contribution in [3.8, 4) is 0 Å². The summed E-state index contributed by atoms with van der Waals surface area (Å²) in [5.74, 6) is 0.877. The topological polar surface area (TPSA) is 42.7 Å². The number of nitrogens with one attached hydrogen (secondary N) is 1. The third-order valence-corrected chi connectivity index (χ3v) is 3.92. The molecule has 0 atom stereocenters. The van der Waals surface area contributed by atoms with E-state index >= 15 is 0 Å².